The predicted octanol–water partition coefficient (Wildman–Crippen LogP) is 2.14. The molecule has 2 amide bonds. The Balaban J connectivity index is 1.46. The van der Waals surface area contributed by atoms with Crippen molar-refractivity contribution in [2.75, 3.05) is 26.2 Å². The van der Waals surface area contributed by atoms with E-state index in [1.165, 1.54) is 12.0 Å². The molecule has 2 fully saturated rings. The number of benzene rings is 1. The molecule has 1 N–H and O–H groups in total. The van der Waals surface area contributed by atoms with Gasteiger partial charge in [-0.1, -0.05) is 35.5 Å². The first-order valence-electron chi connectivity index (χ1n) is 8.77. The molecule has 2 aliphatic heterocycles. The third kappa shape index (κ3) is 3.51. The zero-order valence-corrected chi connectivity index (χ0v) is 14.0. The van der Waals surface area contributed by atoms with Gasteiger partial charge in [0.25, 0.3) is 0 Å². The van der Waals surface area contributed by atoms with E-state index in [1.54, 1.807) is 0 Å². The van der Waals surface area contributed by atoms with E-state index in [4.69, 9.17) is 9.26 Å². The summed E-state index contributed by atoms with van der Waals surface area (Å²) in [6.07, 6.45) is 3.57. The Morgan fingerprint density at radius 3 is 2.80 bits per heavy atom. The molecule has 0 unspecified atom stereocenters. The highest BCUT2D eigenvalue weighted by Gasteiger charge is 2.39. The average Bonchev–Trinajstić information content (AvgIpc) is 3.41. The average molecular weight is 342 g/mol. The van der Waals surface area contributed by atoms with Crippen LogP contribution in [0.25, 0.3) is 0 Å². The van der Waals surface area contributed by atoms with Gasteiger partial charge in [-0.25, -0.2) is 4.79 Å². The third-order valence-electron chi connectivity index (χ3n) is 5.05. The molecule has 7 heteroatoms. The summed E-state index contributed by atoms with van der Waals surface area (Å²) < 4.78 is 10.5. The smallest absolute Gasteiger partial charge is 0.317 e. The minimum absolute atomic E-state index is 0.0367. The number of rotatable bonds is 4. The van der Waals surface area contributed by atoms with Gasteiger partial charge < -0.3 is 19.5 Å². The highest BCUT2D eigenvalue weighted by Crippen LogP contribution is 2.38. The zero-order valence-electron chi connectivity index (χ0n) is 14.0. The van der Waals surface area contributed by atoms with Crippen molar-refractivity contribution < 1.29 is 14.1 Å². The van der Waals surface area contributed by atoms with Gasteiger partial charge in [-0.05, 0) is 18.4 Å². The summed E-state index contributed by atoms with van der Waals surface area (Å²) in [4.78, 5) is 18.7. The lowest BCUT2D eigenvalue weighted by atomic mass is 9.88. The first-order valence-corrected chi connectivity index (χ1v) is 8.77. The Kier molecular flexibility index (Phi) is 4.65. The van der Waals surface area contributed by atoms with Crippen LogP contribution in [-0.4, -0.2) is 53.4 Å². The van der Waals surface area contributed by atoms with Crippen LogP contribution in [0.15, 0.2) is 41.2 Å². The fourth-order valence-electron chi connectivity index (χ4n) is 3.73. The second-order valence-electron chi connectivity index (χ2n) is 6.64. The van der Waals surface area contributed by atoms with Crippen molar-refractivity contribution >= 4 is 6.03 Å². The number of carbonyl (C=O) groups excluding carboxylic acids is 1. The van der Waals surface area contributed by atoms with E-state index in [2.05, 4.69) is 27.6 Å². The van der Waals surface area contributed by atoms with Gasteiger partial charge in [-0.15, -0.1) is 0 Å². The summed E-state index contributed by atoms with van der Waals surface area (Å²) in [6, 6.07) is 10.2. The molecule has 0 radical (unpaired) electrons. The van der Waals surface area contributed by atoms with E-state index in [1.807, 2.05) is 23.1 Å². The zero-order chi connectivity index (χ0) is 17.1. The van der Waals surface area contributed by atoms with Gasteiger partial charge in [0.05, 0.1) is 6.10 Å². The van der Waals surface area contributed by atoms with Gasteiger partial charge in [0.1, 0.15) is 0 Å². The Bertz CT molecular complexity index is 686. The molecule has 3 heterocycles. The number of ether oxygens (including phenoxy) is 1. The van der Waals surface area contributed by atoms with Crippen LogP contribution in [0.1, 0.15) is 36.1 Å². The van der Waals surface area contributed by atoms with Crippen LogP contribution >= 0.6 is 0 Å². The SMILES string of the molecule is O=C(NC[C@@H]1CCCO1)N1C[C@@H](c2ccccc2)[C@H](c2ncon2)C1. The van der Waals surface area contributed by atoms with E-state index < -0.39 is 0 Å². The monoisotopic (exact) mass is 342 g/mol. The second-order valence-corrected chi connectivity index (χ2v) is 6.64. The Morgan fingerprint density at radius 2 is 2.08 bits per heavy atom. The third-order valence-corrected chi connectivity index (χ3v) is 5.05. The number of amides is 2. The standard InChI is InChI=1S/C18H22N4O3/c23-18(19-9-14-7-4-8-24-14)22-10-15(13-5-2-1-3-6-13)16(11-22)17-20-12-25-21-17/h1-3,5-6,12,14-16H,4,7-11H2,(H,19,23)/t14-,15-,16+/m0/s1. The van der Waals surface area contributed by atoms with E-state index in [0.717, 1.165) is 19.4 Å². The molecular weight excluding hydrogens is 320 g/mol. The quantitative estimate of drug-likeness (QED) is 0.921. The molecule has 2 saturated heterocycles. The summed E-state index contributed by atoms with van der Waals surface area (Å²) in [6.45, 7) is 2.58. The number of hydrogen-bond acceptors (Lipinski definition) is 5. The maximum absolute atomic E-state index is 12.6. The van der Waals surface area contributed by atoms with Crippen LogP contribution in [0.3, 0.4) is 0 Å². The first kappa shape index (κ1) is 16.1. The number of urea groups is 1. The molecule has 1 aromatic carbocycles. The van der Waals surface area contributed by atoms with Crippen LogP contribution < -0.4 is 5.32 Å². The lowest BCUT2D eigenvalue weighted by Gasteiger charge is -2.19. The molecule has 2 aromatic rings. The van der Waals surface area contributed by atoms with Crippen molar-refractivity contribution in [3.8, 4) is 0 Å². The number of likely N-dealkylation sites (tertiary alicyclic amines) is 1. The summed E-state index contributed by atoms with van der Waals surface area (Å²) >= 11 is 0. The van der Waals surface area contributed by atoms with Crippen LogP contribution in [0.4, 0.5) is 4.79 Å². The lowest BCUT2D eigenvalue weighted by Crippen LogP contribution is -2.41. The van der Waals surface area contributed by atoms with Gasteiger partial charge in [0.15, 0.2) is 5.82 Å². The second kappa shape index (κ2) is 7.23. The fraction of sp³-hybridized carbons (Fsp3) is 0.500. The van der Waals surface area contributed by atoms with Crippen LogP contribution in [0, 0.1) is 0 Å². The molecule has 0 saturated carbocycles. The summed E-state index contributed by atoms with van der Waals surface area (Å²) in [5, 5.41) is 7.01. The van der Waals surface area contributed by atoms with Crippen molar-refractivity contribution in [2.45, 2.75) is 30.8 Å². The van der Waals surface area contributed by atoms with Crippen molar-refractivity contribution in [1.82, 2.24) is 20.4 Å². The lowest BCUT2D eigenvalue weighted by molar-refractivity contribution is 0.109. The minimum atomic E-state index is -0.0533. The Hall–Kier alpha value is -2.41. The van der Waals surface area contributed by atoms with E-state index >= 15 is 0 Å². The maximum Gasteiger partial charge on any atom is 0.317 e. The van der Waals surface area contributed by atoms with Crippen LogP contribution in [0.5, 0.6) is 0 Å². The summed E-state index contributed by atoms with van der Waals surface area (Å²) in [7, 11) is 0. The van der Waals surface area contributed by atoms with Gasteiger partial charge in [-0.3, -0.25) is 0 Å². The Morgan fingerprint density at radius 1 is 1.24 bits per heavy atom. The molecule has 132 valence electrons. The molecule has 0 spiro atoms. The molecule has 0 aliphatic carbocycles. The van der Waals surface area contributed by atoms with Gasteiger partial charge in [-0.2, -0.15) is 4.98 Å². The topological polar surface area (TPSA) is 80.5 Å². The van der Waals surface area contributed by atoms with Crippen LogP contribution in [-0.2, 0) is 4.74 Å². The van der Waals surface area contributed by atoms with Crippen molar-refractivity contribution in [1.29, 1.82) is 0 Å². The Labute approximate surface area is 146 Å². The highest BCUT2D eigenvalue weighted by molar-refractivity contribution is 5.75. The largest absolute Gasteiger partial charge is 0.376 e. The van der Waals surface area contributed by atoms with E-state index in [9.17, 15) is 4.79 Å². The predicted molar refractivity (Wildman–Crippen MR) is 90.2 cm³/mol. The molecule has 1 aromatic heterocycles. The van der Waals surface area contributed by atoms with Crippen LogP contribution in [0.2, 0.25) is 0 Å². The van der Waals surface area contributed by atoms with Crippen molar-refractivity contribution in [3.63, 3.8) is 0 Å². The highest BCUT2D eigenvalue weighted by atomic mass is 16.5. The number of nitrogens with zero attached hydrogens (tertiary/aromatic N) is 3. The number of hydrogen-bond donors (Lipinski definition) is 1. The fourth-order valence-corrected chi connectivity index (χ4v) is 3.73. The molecule has 4 rings (SSSR count). The van der Waals surface area contributed by atoms with Gasteiger partial charge in [0, 0.05) is 38.1 Å². The maximum atomic E-state index is 12.6. The first-order chi connectivity index (χ1) is 12.3. The molecule has 0 bridgehead atoms. The number of carbonyl (C=O) groups is 1. The van der Waals surface area contributed by atoms with Gasteiger partial charge >= 0.3 is 6.03 Å². The van der Waals surface area contributed by atoms with Crippen molar-refractivity contribution in [3.05, 3.63) is 48.1 Å². The molecule has 2 aliphatic rings. The summed E-state index contributed by atoms with van der Waals surface area (Å²) in [5.41, 5.74) is 1.19. The molecule has 3 atom stereocenters. The molecule has 7 nitrogen and oxygen atoms in total. The van der Waals surface area contributed by atoms with E-state index in [-0.39, 0.29) is 24.0 Å². The molecule has 25 heavy (non-hydrogen) atoms. The number of nitrogens with one attached hydrogen (secondary N) is 1. The minimum Gasteiger partial charge on any atom is -0.376 e. The van der Waals surface area contributed by atoms with E-state index in [0.29, 0.717) is 25.5 Å². The van der Waals surface area contributed by atoms with Gasteiger partial charge in [0.2, 0.25) is 6.39 Å². The normalized spacial score (nSPS) is 26.1. The molecular formula is C18H22N4O3. The number of aromatic nitrogens is 2. The van der Waals surface area contributed by atoms with Crippen molar-refractivity contribution in [2.24, 2.45) is 0 Å². The summed E-state index contributed by atoms with van der Waals surface area (Å²) in [5.74, 6) is 0.852.